The van der Waals surface area contributed by atoms with Gasteiger partial charge in [-0.25, -0.2) is 0 Å². The van der Waals surface area contributed by atoms with E-state index < -0.39 is 18.0 Å². The zero-order chi connectivity index (χ0) is 16.4. The predicted molar refractivity (Wildman–Crippen MR) is 74.9 cm³/mol. The Morgan fingerprint density at radius 3 is 2.96 bits per heavy atom. The number of nitrogens with zero attached hydrogens (tertiary/aromatic N) is 2. The number of carbonyl (C=O) groups excluding carboxylic acids is 1. The van der Waals surface area contributed by atoms with Crippen molar-refractivity contribution >= 4 is 5.91 Å². The Bertz CT molecular complexity index is 712. The van der Waals surface area contributed by atoms with Crippen molar-refractivity contribution in [1.82, 2.24) is 15.1 Å². The molecule has 0 aliphatic carbocycles. The summed E-state index contributed by atoms with van der Waals surface area (Å²) in [6.45, 7) is 0.699. The Hall–Kier alpha value is -2.51. The zero-order valence-corrected chi connectivity index (χ0v) is 12.0. The number of halogens is 3. The highest BCUT2D eigenvalue weighted by molar-refractivity contribution is 5.94. The number of rotatable bonds is 3. The van der Waals surface area contributed by atoms with E-state index in [0.717, 1.165) is 24.2 Å². The van der Waals surface area contributed by atoms with Crippen LogP contribution in [0.5, 0.6) is 5.75 Å². The second kappa shape index (κ2) is 5.94. The number of hydrogen-bond acceptors (Lipinski definition) is 3. The Morgan fingerprint density at radius 1 is 1.35 bits per heavy atom. The minimum Gasteiger partial charge on any atom is -0.406 e. The molecule has 0 saturated carbocycles. The summed E-state index contributed by atoms with van der Waals surface area (Å²) in [7, 11) is 0. The van der Waals surface area contributed by atoms with Crippen LogP contribution in [0.2, 0.25) is 0 Å². The van der Waals surface area contributed by atoms with Crippen LogP contribution in [0, 0.1) is 0 Å². The maximum absolute atomic E-state index is 12.2. The third-order valence-corrected chi connectivity index (χ3v) is 3.61. The molecule has 23 heavy (non-hydrogen) atoms. The van der Waals surface area contributed by atoms with Gasteiger partial charge in [0.25, 0.3) is 5.91 Å². The molecule has 2 heterocycles. The Labute approximate surface area is 130 Å². The number of fused-ring (bicyclic) bond motifs is 1. The maximum Gasteiger partial charge on any atom is 0.573 e. The smallest absolute Gasteiger partial charge is 0.406 e. The molecule has 0 saturated heterocycles. The van der Waals surface area contributed by atoms with Crippen LogP contribution in [-0.4, -0.2) is 28.1 Å². The molecule has 122 valence electrons. The van der Waals surface area contributed by atoms with Gasteiger partial charge >= 0.3 is 6.36 Å². The van der Waals surface area contributed by atoms with Crippen LogP contribution < -0.4 is 10.1 Å². The van der Waals surface area contributed by atoms with Gasteiger partial charge in [0.05, 0.1) is 0 Å². The van der Waals surface area contributed by atoms with Gasteiger partial charge in [-0.05, 0) is 30.7 Å². The van der Waals surface area contributed by atoms with E-state index in [9.17, 15) is 18.0 Å². The summed E-state index contributed by atoms with van der Waals surface area (Å²) in [5, 5.41) is 6.99. The number of carbonyl (C=O) groups is 1. The van der Waals surface area contributed by atoms with Crippen molar-refractivity contribution in [2.75, 3.05) is 0 Å². The van der Waals surface area contributed by atoms with Crippen molar-refractivity contribution < 1.29 is 22.7 Å². The molecule has 0 unspecified atom stereocenters. The quantitative estimate of drug-likeness (QED) is 0.943. The van der Waals surface area contributed by atoms with Gasteiger partial charge in [0.15, 0.2) is 0 Å². The molecule has 8 heteroatoms. The lowest BCUT2D eigenvalue weighted by Gasteiger charge is -2.24. The highest BCUT2D eigenvalue weighted by atomic mass is 19.4. The van der Waals surface area contributed by atoms with E-state index in [1.165, 1.54) is 12.1 Å². The molecule has 0 bridgehead atoms. The third kappa shape index (κ3) is 3.82. The fraction of sp³-hybridized carbons (Fsp3) is 0.333. The van der Waals surface area contributed by atoms with Crippen LogP contribution >= 0.6 is 0 Å². The van der Waals surface area contributed by atoms with Crippen molar-refractivity contribution in [1.29, 1.82) is 0 Å². The lowest BCUT2D eigenvalue weighted by molar-refractivity contribution is -0.274. The van der Waals surface area contributed by atoms with Crippen LogP contribution in [0.1, 0.15) is 22.5 Å². The number of alkyl halides is 3. The third-order valence-electron chi connectivity index (χ3n) is 3.61. The number of ether oxygens (including phenoxy) is 1. The van der Waals surface area contributed by atoms with Gasteiger partial charge in [0.1, 0.15) is 5.75 Å². The number of benzene rings is 1. The molecule has 1 aliphatic heterocycles. The van der Waals surface area contributed by atoms with Gasteiger partial charge in [0.2, 0.25) is 0 Å². The highest BCUT2D eigenvalue weighted by Gasteiger charge is 2.31. The van der Waals surface area contributed by atoms with Gasteiger partial charge in [-0.15, -0.1) is 13.2 Å². The van der Waals surface area contributed by atoms with Crippen LogP contribution in [0.4, 0.5) is 13.2 Å². The van der Waals surface area contributed by atoms with E-state index in [2.05, 4.69) is 15.2 Å². The predicted octanol–water partition coefficient (Wildman–Crippen LogP) is 2.53. The standard InChI is InChI=1S/C15H14F3N3O2/c16-15(17,18)23-13-3-1-2-10(8-13)14(22)20-11-5-7-21-12(9-11)4-6-19-21/h1-4,6,8,11H,5,7,9H2,(H,20,22)/t11-/m0/s1. The molecule has 0 spiro atoms. The molecule has 1 aliphatic rings. The lowest BCUT2D eigenvalue weighted by atomic mass is 10.0. The highest BCUT2D eigenvalue weighted by Crippen LogP contribution is 2.23. The Kier molecular flexibility index (Phi) is 3.97. The van der Waals surface area contributed by atoms with Gasteiger partial charge in [0, 0.05) is 36.5 Å². The second-order valence-electron chi connectivity index (χ2n) is 5.28. The van der Waals surface area contributed by atoms with Crippen molar-refractivity contribution in [3.63, 3.8) is 0 Å². The van der Waals surface area contributed by atoms with Crippen LogP contribution in [0.3, 0.4) is 0 Å². The Morgan fingerprint density at radius 2 is 2.17 bits per heavy atom. The average molecular weight is 325 g/mol. The molecule has 1 atom stereocenters. The van der Waals surface area contributed by atoms with E-state index in [0.29, 0.717) is 13.0 Å². The van der Waals surface area contributed by atoms with Crippen molar-refractivity contribution in [2.45, 2.75) is 31.8 Å². The summed E-state index contributed by atoms with van der Waals surface area (Å²) in [6, 6.07) is 6.85. The van der Waals surface area contributed by atoms with E-state index in [1.54, 1.807) is 6.20 Å². The Balaban J connectivity index is 1.66. The first-order chi connectivity index (χ1) is 10.9. The second-order valence-corrected chi connectivity index (χ2v) is 5.28. The molecule has 2 aromatic rings. The van der Waals surface area contributed by atoms with Crippen molar-refractivity contribution in [3.05, 3.63) is 47.8 Å². The van der Waals surface area contributed by atoms with Gasteiger partial charge in [-0.1, -0.05) is 6.07 Å². The molecule has 1 N–H and O–H groups in total. The molecule has 0 fully saturated rings. The normalized spacial score (nSPS) is 17.4. The SMILES string of the molecule is O=C(N[C@H]1CCn2nccc2C1)c1cccc(OC(F)(F)F)c1. The summed E-state index contributed by atoms with van der Waals surface area (Å²) in [5.74, 6) is -0.831. The molecular weight excluding hydrogens is 311 g/mol. The number of aryl methyl sites for hydroxylation is 1. The zero-order valence-electron chi connectivity index (χ0n) is 12.0. The summed E-state index contributed by atoms with van der Waals surface area (Å²) in [6.07, 6.45) is -1.71. The molecule has 1 amide bonds. The molecular formula is C15H14F3N3O2. The molecule has 5 nitrogen and oxygen atoms in total. The first-order valence-electron chi connectivity index (χ1n) is 7.08. The first-order valence-corrected chi connectivity index (χ1v) is 7.08. The minimum atomic E-state index is -4.78. The largest absolute Gasteiger partial charge is 0.573 e. The van der Waals surface area contributed by atoms with Gasteiger partial charge in [-0.3, -0.25) is 9.48 Å². The topological polar surface area (TPSA) is 56.2 Å². The van der Waals surface area contributed by atoms with Crippen LogP contribution in [-0.2, 0) is 13.0 Å². The number of aromatic nitrogens is 2. The van der Waals surface area contributed by atoms with Crippen LogP contribution in [0.15, 0.2) is 36.5 Å². The van der Waals surface area contributed by atoms with E-state index >= 15 is 0 Å². The summed E-state index contributed by atoms with van der Waals surface area (Å²) < 4.78 is 42.4. The molecule has 1 aromatic heterocycles. The summed E-state index contributed by atoms with van der Waals surface area (Å²) in [4.78, 5) is 12.2. The van der Waals surface area contributed by atoms with E-state index in [-0.39, 0.29) is 11.6 Å². The summed E-state index contributed by atoms with van der Waals surface area (Å²) in [5.41, 5.74) is 1.15. The monoisotopic (exact) mass is 325 g/mol. The minimum absolute atomic E-state index is 0.0705. The number of nitrogens with one attached hydrogen (secondary N) is 1. The van der Waals surface area contributed by atoms with E-state index in [4.69, 9.17) is 0 Å². The number of hydrogen-bond donors (Lipinski definition) is 1. The molecule has 0 radical (unpaired) electrons. The van der Waals surface area contributed by atoms with Gasteiger partial charge in [-0.2, -0.15) is 5.10 Å². The number of amides is 1. The lowest BCUT2D eigenvalue weighted by Crippen LogP contribution is -2.40. The fourth-order valence-corrected chi connectivity index (χ4v) is 2.59. The molecule has 3 rings (SSSR count). The summed E-state index contributed by atoms with van der Waals surface area (Å²) >= 11 is 0. The van der Waals surface area contributed by atoms with Crippen LogP contribution in [0.25, 0.3) is 0 Å². The fourth-order valence-electron chi connectivity index (χ4n) is 2.59. The maximum atomic E-state index is 12.2. The van der Waals surface area contributed by atoms with Crippen molar-refractivity contribution in [2.24, 2.45) is 0 Å². The van der Waals surface area contributed by atoms with Crippen molar-refractivity contribution in [3.8, 4) is 5.75 Å². The van der Waals surface area contributed by atoms with E-state index in [1.807, 2.05) is 10.7 Å². The van der Waals surface area contributed by atoms with Gasteiger partial charge < -0.3 is 10.1 Å². The first kappa shape index (κ1) is 15.4. The average Bonchev–Trinajstić information content (AvgIpc) is 2.93. The molecule has 1 aromatic carbocycles.